The van der Waals surface area contributed by atoms with Crippen LogP contribution in [0.3, 0.4) is 0 Å². The fourth-order valence-electron chi connectivity index (χ4n) is 0.973. The van der Waals surface area contributed by atoms with Gasteiger partial charge in [-0.25, -0.2) is 4.98 Å². The fraction of sp³-hybridized carbons (Fsp3) is 0.125. The molecule has 0 aromatic carbocycles. The van der Waals surface area contributed by atoms with Crippen LogP contribution in [0.2, 0.25) is 0 Å². The van der Waals surface area contributed by atoms with Crippen LogP contribution in [-0.2, 0) is 0 Å². The van der Waals surface area contributed by atoms with Gasteiger partial charge in [-0.2, -0.15) is 4.98 Å². The Labute approximate surface area is 79.7 Å². The first kappa shape index (κ1) is 8.49. The summed E-state index contributed by atoms with van der Waals surface area (Å²) in [5.74, 6) is 1.04. The number of nitrogen functional groups attached to an aromatic ring is 1. The molecule has 2 rings (SSSR count). The van der Waals surface area contributed by atoms with E-state index in [1.54, 1.807) is 25.4 Å². The molecule has 2 N–H and O–H groups in total. The molecule has 0 aliphatic rings. The second-order valence-corrected chi connectivity index (χ2v) is 2.54. The number of pyridine rings is 1. The Kier molecular flexibility index (Phi) is 2.02. The molecule has 0 spiro atoms. The normalized spacial score (nSPS) is 10.1. The van der Waals surface area contributed by atoms with Crippen molar-refractivity contribution in [2.45, 2.75) is 0 Å². The minimum absolute atomic E-state index is 0.0256. The summed E-state index contributed by atoms with van der Waals surface area (Å²) in [6.45, 7) is 0. The van der Waals surface area contributed by atoms with Gasteiger partial charge in [-0.05, 0) is 12.1 Å². The van der Waals surface area contributed by atoms with E-state index in [0.717, 1.165) is 0 Å². The molecular formula is C8H8N4O2. The summed E-state index contributed by atoms with van der Waals surface area (Å²) in [5.41, 5.74) is 5.87. The molecule has 0 amide bonds. The standard InChI is InChI=1S/C8H8N4O2/c1-13-5-2-3-6(10-4-5)7-11-8(9)14-12-7/h2-4H,1H3,(H2,9,11,12). The van der Waals surface area contributed by atoms with Crippen LogP contribution in [0, 0.1) is 0 Å². The second kappa shape index (κ2) is 3.33. The lowest BCUT2D eigenvalue weighted by molar-refractivity contribution is 0.413. The van der Waals surface area contributed by atoms with Crippen molar-refractivity contribution in [2.75, 3.05) is 12.8 Å². The molecule has 0 saturated carbocycles. The van der Waals surface area contributed by atoms with Gasteiger partial charge in [0, 0.05) is 0 Å². The zero-order valence-corrected chi connectivity index (χ0v) is 7.47. The molecule has 2 aromatic heterocycles. The molecule has 0 radical (unpaired) electrons. The van der Waals surface area contributed by atoms with E-state index < -0.39 is 0 Å². The van der Waals surface area contributed by atoms with E-state index in [9.17, 15) is 0 Å². The largest absolute Gasteiger partial charge is 0.495 e. The molecule has 0 fully saturated rings. The third kappa shape index (κ3) is 1.49. The molecule has 0 bridgehead atoms. The van der Waals surface area contributed by atoms with Gasteiger partial charge in [0.25, 0.3) is 0 Å². The van der Waals surface area contributed by atoms with Gasteiger partial charge in [-0.15, -0.1) is 0 Å². The maximum Gasteiger partial charge on any atom is 0.319 e. The minimum atomic E-state index is 0.0256. The summed E-state index contributed by atoms with van der Waals surface area (Å²) < 4.78 is 9.58. The van der Waals surface area contributed by atoms with E-state index in [0.29, 0.717) is 17.3 Å². The predicted molar refractivity (Wildman–Crippen MR) is 48.5 cm³/mol. The highest BCUT2D eigenvalue weighted by Gasteiger charge is 2.06. The summed E-state index contributed by atoms with van der Waals surface area (Å²) >= 11 is 0. The number of nitrogens with two attached hydrogens (primary N) is 1. The maximum atomic E-state index is 5.28. The molecule has 2 heterocycles. The molecule has 0 unspecified atom stereocenters. The molecule has 0 atom stereocenters. The van der Waals surface area contributed by atoms with E-state index in [-0.39, 0.29) is 6.01 Å². The van der Waals surface area contributed by atoms with Crippen molar-refractivity contribution >= 4 is 6.01 Å². The number of anilines is 1. The highest BCUT2D eigenvalue weighted by Crippen LogP contribution is 2.16. The van der Waals surface area contributed by atoms with E-state index in [2.05, 4.69) is 19.6 Å². The molecule has 0 aliphatic carbocycles. The molecule has 0 aliphatic heterocycles. The van der Waals surface area contributed by atoms with Gasteiger partial charge in [-0.3, -0.25) is 0 Å². The average Bonchev–Trinajstić information content (AvgIpc) is 2.65. The van der Waals surface area contributed by atoms with Crippen molar-refractivity contribution in [3.05, 3.63) is 18.3 Å². The Hall–Kier alpha value is -2.11. The van der Waals surface area contributed by atoms with Crippen LogP contribution in [0.4, 0.5) is 6.01 Å². The lowest BCUT2D eigenvalue weighted by atomic mass is 10.3. The number of nitrogens with zero attached hydrogens (tertiary/aromatic N) is 3. The molecule has 6 nitrogen and oxygen atoms in total. The summed E-state index contributed by atoms with van der Waals surface area (Å²) in [6, 6.07) is 3.51. The van der Waals surface area contributed by atoms with Gasteiger partial charge in [0.1, 0.15) is 11.4 Å². The third-order valence-corrected chi connectivity index (χ3v) is 1.64. The van der Waals surface area contributed by atoms with Gasteiger partial charge in [0.05, 0.1) is 13.3 Å². The van der Waals surface area contributed by atoms with Crippen LogP contribution < -0.4 is 10.5 Å². The first-order valence-electron chi connectivity index (χ1n) is 3.89. The Balaban J connectivity index is 2.33. The number of rotatable bonds is 2. The second-order valence-electron chi connectivity index (χ2n) is 2.54. The quantitative estimate of drug-likeness (QED) is 0.754. The topological polar surface area (TPSA) is 87.1 Å². The lowest BCUT2D eigenvalue weighted by Crippen LogP contribution is -1.88. The van der Waals surface area contributed by atoms with Crippen LogP contribution in [0.1, 0.15) is 0 Å². The van der Waals surface area contributed by atoms with Gasteiger partial charge in [0.15, 0.2) is 0 Å². The Morgan fingerprint density at radius 2 is 2.29 bits per heavy atom. The molecule has 14 heavy (non-hydrogen) atoms. The van der Waals surface area contributed by atoms with E-state index in [1.807, 2.05) is 0 Å². The Morgan fingerprint density at radius 1 is 1.43 bits per heavy atom. The van der Waals surface area contributed by atoms with Crippen molar-refractivity contribution in [3.8, 4) is 17.3 Å². The average molecular weight is 192 g/mol. The fourth-order valence-corrected chi connectivity index (χ4v) is 0.973. The highest BCUT2D eigenvalue weighted by atomic mass is 16.5. The number of hydrogen-bond donors (Lipinski definition) is 1. The van der Waals surface area contributed by atoms with Crippen LogP contribution in [0.15, 0.2) is 22.9 Å². The maximum absolute atomic E-state index is 5.28. The van der Waals surface area contributed by atoms with Crippen LogP contribution in [-0.4, -0.2) is 22.2 Å². The Morgan fingerprint density at radius 3 is 2.79 bits per heavy atom. The number of aromatic nitrogens is 3. The van der Waals surface area contributed by atoms with E-state index in [1.165, 1.54) is 0 Å². The van der Waals surface area contributed by atoms with E-state index in [4.69, 9.17) is 10.5 Å². The zero-order valence-electron chi connectivity index (χ0n) is 7.47. The van der Waals surface area contributed by atoms with Crippen LogP contribution in [0.5, 0.6) is 5.75 Å². The van der Waals surface area contributed by atoms with Crippen molar-refractivity contribution in [1.82, 2.24) is 15.1 Å². The number of methoxy groups -OCH3 is 1. The molecule has 72 valence electrons. The molecular weight excluding hydrogens is 184 g/mol. The summed E-state index contributed by atoms with van der Waals surface area (Å²) in [6.07, 6.45) is 1.57. The summed E-state index contributed by atoms with van der Waals surface area (Å²) in [5, 5.41) is 3.63. The first-order chi connectivity index (χ1) is 6.79. The molecule has 6 heteroatoms. The first-order valence-corrected chi connectivity index (χ1v) is 3.89. The van der Waals surface area contributed by atoms with Gasteiger partial charge < -0.3 is 15.0 Å². The van der Waals surface area contributed by atoms with Gasteiger partial charge >= 0.3 is 6.01 Å². The zero-order chi connectivity index (χ0) is 9.97. The third-order valence-electron chi connectivity index (χ3n) is 1.64. The van der Waals surface area contributed by atoms with Crippen LogP contribution in [0.25, 0.3) is 11.5 Å². The van der Waals surface area contributed by atoms with Crippen molar-refractivity contribution < 1.29 is 9.26 Å². The SMILES string of the molecule is COc1ccc(-c2noc(N)n2)nc1. The highest BCUT2D eigenvalue weighted by molar-refractivity contribution is 5.50. The monoisotopic (exact) mass is 192 g/mol. The predicted octanol–water partition coefficient (Wildman–Crippen LogP) is 0.722. The van der Waals surface area contributed by atoms with Gasteiger partial charge in [0.2, 0.25) is 5.82 Å². The lowest BCUT2D eigenvalue weighted by Gasteiger charge is -1.97. The number of hydrogen-bond acceptors (Lipinski definition) is 6. The molecule has 2 aromatic rings. The minimum Gasteiger partial charge on any atom is -0.495 e. The Bertz CT molecular complexity index is 423. The summed E-state index contributed by atoms with van der Waals surface area (Å²) in [7, 11) is 1.57. The van der Waals surface area contributed by atoms with Crippen molar-refractivity contribution in [2.24, 2.45) is 0 Å². The van der Waals surface area contributed by atoms with Gasteiger partial charge in [-0.1, -0.05) is 5.16 Å². The molecule has 0 saturated heterocycles. The van der Waals surface area contributed by atoms with Crippen molar-refractivity contribution in [3.63, 3.8) is 0 Å². The smallest absolute Gasteiger partial charge is 0.319 e. The van der Waals surface area contributed by atoms with E-state index >= 15 is 0 Å². The van der Waals surface area contributed by atoms with Crippen LogP contribution >= 0.6 is 0 Å². The number of ether oxygens (including phenoxy) is 1. The van der Waals surface area contributed by atoms with Crippen molar-refractivity contribution in [1.29, 1.82) is 0 Å². The summed E-state index contributed by atoms with van der Waals surface area (Å²) in [4.78, 5) is 7.90.